The summed E-state index contributed by atoms with van der Waals surface area (Å²) < 4.78 is 0. The summed E-state index contributed by atoms with van der Waals surface area (Å²) in [4.78, 5) is 0. The van der Waals surface area contributed by atoms with Crippen molar-refractivity contribution in [1.82, 2.24) is 0 Å². The standard InChI is InChI=1S/C14H17/c1-5-7-13(6-2)14-9-8-11(3)10-12(14)4/h8-10,13H,5,7H2,1,3-4H3. The van der Waals surface area contributed by atoms with Crippen LogP contribution in [0.25, 0.3) is 0 Å². The maximum Gasteiger partial charge on any atom is 0.0465 e. The number of hydrogen-bond donors (Lipinski definition) is 0. The third kappa shape index (κ3) is 2.39. The number of aryl methyl sites for hydroxylation is 2. The highest BCUT2D eigenvalue weighted by Crippen LogP contribution is 2.24. The fraction of sp³-hybridized carbons (Fsp3) is 0.429. The molecule has 0 aromatic heterocycles. The van der Waals surface area contributed by atoms with Crippen LogP contribution in [0.5, 0.6) is 0 Å². The van der Waals surface area contributed by atoms with E-state index in [0.717, 1.165) is 12.8 Å². The Morgan fingerprint density at radius 1 is 1.36 bits per heavy atom. The molecule has 1 aromatic carbocycles. The molecule has 0 bridgehead atoms. The van der Waals surface area contributed by atoms with Gasteiger partial charge in [0.1, 0.15) is 0 Å². The van der Waals surface area contributed by atoms with Crippen LogP contribution in [0, 0.1) is 26.2 Å². The Kier molecular flexibility index (Phi) is 3.77. The van der Waals surface area contributed by atoms with Gasteiger partial charge in [0.25, 0.3) is 0 Å². The van der Waals surface area contributed by atoms with E-state index in [4.69, 9.17) is 6.42 Å². The first kappa shape index (κ1) is 10.9. The lowest BCUT2D eigenvalue weighted by Gasteiger charge is -2.13. The molecule has 0 nitrogen and oxygen atoms in total. The summed E-state index contributed by atoms with van der Waals surface area (Å²) in [7, 11) is 0. The van der Waals surface area contributed by atoms with E-state index in [9.17, 15) is 0 Å². The zero-order valence-corrected chi connectivity index (χ0v) is 9.22. The summed E-state index contributed by atoms with van der Waals surface area (Å²) >= 11 is 0. The van der Waals surface area contributed by atoms with E-state index in [0.29, 0.717) is 0 Å². The maximum absolute atomic E-state index is 7.30. The molecule has 0 spiro atoms. The van der Waals surface area contributed by atoms with E-state index in [-0.39, 0.29) is 5.92 Å². The van der Waals surface area contributed by atoms with Crippen LogP contribution in [0.15, 0.2) is 18.2 Å². The van der Waals surface area contributed by atoms with Gasteiger partial charge in [0, 0.05) is 5.92 Å². The number of benzene rings is 1. The number of rotatable bonds is 3. The van der Waals surface area contributed by atoms with Gasteiger partial charge in [-0.2, -0.15) is 0 Å². The molecule has 0 aliphatic rings. The molecule has 1 rings (SSSR count). The van der Waals surface area contributed by atoms with Crippen molar-refractivity contribution in [3.8, 4) is 5.92 Å². The number of hydrogen-bond acceptors (Lipinski definition) is 0. The molecule has 1 radical (unpaired) electrons. The minimum Gasteiger partial charge on any atom is -0.0809 e. The molecule has 0 fully saturated rings. The average Bonchev–Trinajstić information content (AvgIpc) is 2.15. The molecule has 0 amide bonds. The Balaban J connectivity index is 3.00. The first-order chi connectivity index (χ1) is 6.69. The molecule has 14 heavy (non-hydrogen) atoms. The summed E-state index contributed by atoms with van der Waals surface area (Å²) in [5.41, 5.74) is 3.82. The summed E-state index contributed by atoms with van der Waals surface area (Å²) in [5.74, 6) is 2.81. The van der Waals surface area contributed by atoms with Gasteiger partial charge in [0.2, 0.25) is 0 Å². The average molecular weight is 185 g/mol. The minimum atomic E-state index is 0.181. The zero-order chi connectivity index (χ0) is 10.6. The second kappa shape index (κ2) is 4.86. The van der Waals surface area contributed by atoms with Crippen molar-refractivity contribution in [3.05, 3.63) is 41.3 Å². The lowest BCUT2D eigenvalue weighted by molar-refractivity contribution is 0.730. The van der Waals surface area contributed by atoms with Crippen LogP contribution in [-0.4, -0.2) is 0 Å². The van der Waals surface area contributed by atoms with Crippen LogP contribution in [0.3, 0.4) is 0 Å². The molecule has 0 heteroatoms. The zero-order valence-electron chi connectivity index (χ0n) is 9.22. The molecule has 1 atom stereocenters. The third-order valence-electron chi connectivity index (χ3n) is 2.55. The first-order valence-electron chi connectivity index (χ1n) is 5.18. The molecule has 0 aliphatic carbocycles. The van der Waals surface area contributed by atoms with Gasteiger partial charge in [-0.05, 0) is 37.8 Å². The molecular formula is C14H17. The largest absolute Gasteiger partial charge is 0.0809 e. The summed E-state index contributed by atoms with van der Waals surface area (Å²) in [5, 5.41) is 0. The van der Waals surface area contributed by atoms with Crippen molar-refractivity contribution in [2.24, 2.45) is 0 Å². The van der Waals surface area contributed by atoms with Crippen LogP contribution in [0.2, 0.25) is 0 Å². The molecule has 0 aliphatic heterocycles. The van der Waals surface area contributed by atoms with Crippen LogP contribution in [0.1, 0.15) is 42.4 Å². The van der Waals surface area contributed by atoms with Crippen molar-refractivity contribution in [1.29, 1.82) is 0 Å². The smallest absolute Gasteiger partial charge is 0.0465 e. The molecule has 1 unspecified atom stereocenters. The highest BCUT2D eigenvalue weighted by Gasteiger charge is 2.09. The van der Waals surface area contributed by atoms with Gasteiger partial charge in [-0.3, -0.25) is 0 Å². The van der Waals surface area contributed by atoms with Gasteiger partial charge >= 0.3 is 0 Å². The SMILES string of the molecule is [C]#CC(CCC)c1ccc(C)cc1C. The van der Waals surface area contributed by atoms with Crippen molar-refractivity contribution in [2.45, 2.75) is 39.5 Å². The van der Waals surface area contributed by atoms with Gasteiger partial charge < -0.3 is 0 Å². The molecule has 0 saturated carbocycles. The van der Waals surface area contributed by atoms with E-state index in [1.54, 1.807) is 0 Å². The molecule has 0 N–H and O–H groups in total. The molecule has 0 heterocycles. The molecule has 73 valence electrons. The van der Waals surface area contributed by atoms with Crippen LogP contribution < -0.4 is 0 Å². The topological polar surface area (TPSA) is 0 Å². The fourth-order valence-electron chi connectivity index (χ4n) is 1.81. The highest BCUT2D eigenvalue weighted by atomic mass is 14.1. The fourth-order valence-corrected chi connectivity index (χ4v) is 1.81. The van der Waals surface area contributed by atoms with Gasteiger partial charge in [0.15, 0.2) is 0 Å². The maximum atomic E-state index is 7.30. The quantitative estimate of drug-likeness (QED) is 0.629. The predicted octanol–water partition coefficient (Wildman–Crippen LogP) is 3.78. The Hall–Kier alpha value is -1.22. The molecule has 1 aromatic rings. The summed E-state index contributed by atoms with van der Waals surface area (Å²) in [6.45, 7) is 6.36. The minimum absolute atomic E-state index is 0.181. The summed E-state index contributed by atoms with van der Waals surface area (Å²) in [6, 6.07) is 6.42. The summed E-state index contributed by atoms with van der Waals surface area (Å²) in [6.07, 6.45) is 9.42. The Labute approximate surface area is 87.4 Å². The third-order valence-corrected chi connectivity index (χ3v) is 2.55. The predicted molar refractivity (Wildman–Crippen MR) is 60.7 cm³/mol. The normalized spacial score (nSPS) is 12.1. The van der Waals surface area contributed by atoms with Crippen molar-refractivity contribution >= 4 is 0 Å². The van der Waals surface area contributed by atoms with Crippen LogP contribution in [-0.2, 0) is 0 Å². The van der Waals surface area contributed by atoms with Crippen molar-refractivity contribution < 1.29 is 0 Å². The second-order valence-electron chi connectivity index (χ2n) is 3.85. The van der Waals surface area contributed by atoms with Crippen LogP contribution >= 0.6 is 0 Å². The van der Waals surface area contributed by atoms with Gasteiger partial charge in [-0.25, -0.2) is 0 Å². The monoisotopic (exact) mass is 185 g/mol. The Morgan fingerprint density at radius 2 is 2.07 bits per heavy atom. The van der Waals surface area contributed by atoms with E-state index in [1.807, 2.05) is 0 Å². The Morgan fingerprint density at radius 3 is 2.57 bits per heavy atom. The Bertz CT molecular complexity index is 342. The lowest BCUT2D eigenvalue weighted by atomic mass is 9.91. The van der Waals surface area contributed by atoms with E-state index in [1.165, 1.54) is 16.7 Å². The van der Waals surface area contributed by atoms with Crippen molar-refractivity contribution in [3.63, 3.8) is 0 Å². The van der Waals surface area contributed by atoms with Crippen molar-refractivity contribution in [2.75, 3.05) is 0 Å². The van der Waals surface area contributed by atoms with E-state index >= 15 is 0 Å². The molecule has 0 saturated heterocycles. The van der Waals surface area contributed by atoms with E-state index in [2.05, 4.69) is 44.9 Å². The lowest BCUT2D eigenvalue weighted by Crippen LogP contribution is -1.98. The molecular weight excluding hydrogens is 168 g/mol. The van der Waals surface area contributed by atoms with Gasteiger partial charge in [-0.1, -0.05) is 43.0 Å². The highest BCUT2D eigenvalue weighted by molar-refractivity contribution is 5.36. The van der Waals surface area contributed by atoms with Gasteiger partial charge in [-0.15, -0.1) is 0 Å². The van der Waals surface area contributed by atoms with E-state index < -0.39 is 0 Å². The van der Waals surface area contributed by atoms with Gasteiger partial charge in [0.05, 0.1) is 0 Å². The van der Waals surface area contributed by atoms with Crippen LogP contribution in [0.4, 0.5) is 0 Å². The second-order valence-corrected chi connectivity index (χ2v) is 3.85. The first-order valence-corrected chi connectivity index (χ1v) is 5.18.